The molecule has 0 fully saturated rings. The Morgan fingerprint density at radius 3 is 3.04 bits per heavy atom. The number of nitrogens with zero attached hydrogens (tertiary/aromatic N) is 5. The van der Waals surface area contributed by atoms with E-state index in [1.54, 1.807) is 0 Å². The van der Waals surface area contributed by atoms with Crippen LogP contribution in [0.5, 0.6) is 0 Å². The predicted octanol–water partition coefficient (Wildman–Crippen LogP) is 2.11. The third kappa shape index (κ3) is 3.11. The second kappa shape index (κ2) is 6.72. The standard InChI is InChI=1S/C20H22N8/c21-17-3-1-2-14-6-12(4-5-16(14)17)10-28-11-13(9-23-28)7-15-8-18(22)24-20-19(15)25-27-26-20/h4-6,8-9,11,17H,1-3,7,10,21H2,(H3,22,24,25,26,27)/t17-/m0/s1. The van der Waals surface area contributed by atoms with Crippen molar-refractivity contribution in [2.24, 2.45) is 5.73 Å². The van der Waals surface area contributed by atoms with Crippen LogP contribution in [0.4, 0.5) is 5.82 Å². The first-order valence-electron chi connectivity index (χ1n) is 9.50. The van der Waals surface area contributed by atoms with E-state index in [1.807, 2.05) is 16.9 Å². The van der Waals surface area contributed by atoms with E-state index < -0.39 is 0 Å². The van der Waals surface area contributed by atoms with Gasteiger partial charge in [0.2, 0.25) is 5.65 Å². The Kier molecular flexibility index (Phi) is 4.05. The number of fused-ring (bicyclic) bond motifs is 2. The third-order valence-electron chi connectivity index (χ3n) is 5.38. The van der Waals surface area contributed by atoms with Gasteiger partial charge in [0.15, 0.2) is 0 Å². The molecule has 142 valence electrons. The van der Waals surface area contributed by atoms with E-state index in [2.05, 4.69) is 49.9 Å². The lowest BCUT2D eigenvalue weighted by Gasteiger charge is -2.22. The highest BCUT2D eigenvalue weighted by Gasteiger charge is 2.17. The number of aromatic nitrogens is 6. The number of benzene rings is 1. The molecule has 0 saturated carbocycles. The summed E-state index contributed by atoms with van der Waals surface area (Å²) < 4.78 is 1.96. The number of H-pyrrole nitrogens is 1. The molecular weight excluding hydrogens is 352 g/mol. The molecule has 0 bridgehead atoms. The minimum Gasteiger partial charge on any atom is -0.384 e. The molecule has 8 nitrogen and oxygen atoms in total. The normalized spacial score (nSPS) is 16.4. The molecular formula is C20H22N8. The van der Waals surface area contributed by atoms with Crippen LogP contribution in [0.3, 0.4) is 0 Å². The van der Waals surface area contributed by atoms with Crippen molar-refractivity contribution in [3.05, 3.63) is 64.5 Å². The number of aryl methyl sites for hydroxylation is 1. The van der Waals surface area contributed by atoms with Gasteiger partial charge in [-0.15, -0.1) is 5.10 Å². The van der Waals surface area contributed by atoms with Gasteiger partial charge < -0.3 is 11.5 Å². The summed E-state index contributed by atoms with van der Waals surface area (Å²) in [5, 5.41) is 15.3. The molecule has 5 N–H and O–H groups in total. The minimum atomic E-state index is 0.176. The van der Waals surface area contributed by atoms with Crippen molar-refractivity contribution in [1.29, 1.82) is 0 Å². The predicted molar refractivity (Wildman–Crippen MR) is 107 cm³/mol. The van der Waals surface area contributed by atoms with Gasteiger partial charge >= 0.3 is 0 Å². The van der Waals surface area contributed by atoms with E-state index in [-0.39, 0.29) is 6.04 Å². The molecule has 0 radical (unpaired) electrons. The van der Waals surface area contributed by atoms with Crippen LogP contribution in [0.15, 0.2) is 36.7 Å². The SMILES string of the molecule is Nc1cc(Cc2cnn(Cc3ccc4c(c3)CCC[C@@H]4N)c2)c2n[nH]nc2n1. The Morgan fingerprint density at radius 1 is 1.18 bits per heavy atom. The quantitative estimate of drug-likeness (QED) is 0.502. The Bertz CT molecular complexity index is 1140. The number of nitrogens with two attached hydrogens (primary N) is 2. The second-order valence-corrected chi connectivity index (χ2v) is 7.46. The lowest BCUT2D eigenvalue weighted by Crippen LogP contribution is -2.17. The van der Waals surface area contributed by atoms with Crippen molar-refractivity contribution in [2.75, 3.05) is 5.73 Å². The highest BCUT2D eigenvalue weighted by atomic mass is 15.3. The van der Waals surface area contributed by atoms with Crippen LogP contribution in [-0.4, -0.2) is 30.2 Å². The van der Waals surface area contributed by atoms with Gasteiger partial charge in [-0.2, -0.15) is 15.4 Å². The van der Waals surface area contributed by atoms with Crippen molar-refractivity contribution < 1.29 is 0 Å². The highest BCUT2D eigenvalue weighted by molar-refractivity contribution is 5.76. The first-order chi connectivity index (χ1) is 13.7. The summed E-state index contributed by atoms with van der Waals surface area (Å²) in [6.45, 7) is 0.736. The number of hydrogen-bond donors (Lipinski definition) is 3. The number of nitrogens with one attached hydrogen (secondary N) is 1. The van der Waals surface area contributed by atoms with Crippen molar-refractivity contribution >= 4 is 17.0 Å². The summed E-state index contributed by atoms with van der Waals surface area (Å²) in [5.41, 5.74) is 19.4. The number of hydrogen-bond acceptors (Lipinski definition) is 6. The van der Waals surface area contributed by atoms with Gasteiger partial charge in [0, 0.05) is 18.7 Å². The zero-order valence-electron chi connectivity index (χ0n) is 15.5. The van der Waals surface area contributed by atoms with Crippen LogP contribution < -0.4 is 11.5 Å². The Morgan fingerprint density at radius 2 is 2.11 bits per heavy atom. The third-order valence-corrected chi connectivity index (χ3v) is 5.38. The van der Waals surface area contributed by atoms with Crippen LogP contribution in [-0.2, 0) is 19.4 Å². The zero-order valence-corrected chi connectivity index (χ0v) is 15.5. The molecule has 0 unspecified atom stereocenters. The minimum absolute atomic E-state index is 0.176. The van der Waals surface area contributed by atoms with Crippen LogP contribution >= 0.6 is 0 Å². The fraction of sp³-hybridized carbons (Fsp3) is 0.300. The second-order valence-electron chi connectivity index (χ2n) is 7.46. The molecule has 1 aromatic carbocycles. The highest BCUT2D eigenvalue weighted by Crippen LogP contribution is 2.28. The summed E-state index contributed by atoms with van der Waals surface area (Å²) in [6.07, 6.45) is 7.97. The van der Waals surface area contributed by atoms with Gasteiger partial charge in [-0.25, -0.2) is 4.98 Å². The fourth-order valence-corrected chi connectivity index (χ4v) is 4.05. The maximum absolute atomic E-state index is 6.23. The summed E-state index contributed by atoms with van der Waals surface area (Å²) in [4.78, 5) is 4.18. The van der Waals surface area contributed by atoms with E-state index in [0.29, 0.717) is 17.9 Å². The van der Waals surface area contributed by atoms with Gasteiger partial charge in [0.25, 0.3) is 0 Å². The molecule has 0 amide bonds. The molecule has 28 heavy (non-hydrogen) atoms. The lowest BCUT2D eigenvalue weighted by atomic mass is 9.87. The molecule has 4 aromatic rings. The molecule has 1 aliphatic rings. The number of pyridine rings is 1. The summed E-state index contributed by atoms with van der Waals surface area (Å²) in [7, 11) is 0. The fourth-order valence-electron chi connectivity index (χ4n) is 4.05. The molecule has 1 atom stereocenters. The molecule has 3 aromatic heterocycles. The van der Waals surface area contributed by atoms with Gasteiger partial charge in [0.1, 0.15) is 11.3 Å². The monoisotopic (exact) mass is 374 g/mol. The van der Waals surface area contributed by atoms with Crippen molar-refractivity contribution in [1.82, 2.24) is 30.2 Å². The summed E-state index contributed by atoms with van der Waals surface area (Å²) >= 11 is 0. The van der Waals surface area contributed by atoms with Crippen molar-refractivity contribution in [3.8, 4) is 0 Å². The van der Waals surface area contributed by atoms with E-state index in [4.69, 9.17) is 11.5 Å². The average Bonchev–Trinajstić information content (AvgIpc) is 3.31. The molecule has 0 aliphatic heterocycles. The average molecular weight is 374 g/mol. The summed E-state index contributed by atoms with van der Waals surface area (Å²) in [6, 6.07) is 8.64. The Hall–Kier alpha value is -3.26. The van der Waals surface area contributed by atoms with E-state index in [0.717, 1.165) is 42.5 Å². The van der Waals surface area contributed by atoms with E-state index in [9.17, 15) is 0 Å². The number of nitrogen functional groups attached to an aromatic ring is 1. The Balaban J connectivity index is 1.36. The van der Waals surface area contributed by atoms with Crippen LogP contribution in [0.25, 0.3) is 11.2 Å². The van der Waals surface area contributed by atoms with Crippen LogP contribution in [0, 0.1) is 0 Å². The smallest absolute Gasteiger partial charge is 0.203 e. The largest absolute Gasteiger partial charge is 0.384 e. The van der Waals surface area contributed by atoms with Gasteiger partial charge in [-0.1, -0.05) is 18.2 Å². The van der Waals surface area contributed by atoms with Gasteiger partial charge in [-0.05, 0) is 53.1 Å². The van der Waals surface area contributed by atoms with Crippen molar-refractivity contribution in [3.63, 3.8) is 0 Å². The zero-order chi connectivity index (χ0) is 19.1. The molecule has 5 rings (SSSR count). The maximum atomic E-state index is 6.23. The number of anilines is 1. The maximum Gasteiger partial charge on any atom is 0.203 e. The molecule has 8 heteroatoms. The topological polar surface area (TPSA) is 124 Å². The first-order valence-corrected chi connectivity index (χ1v) is 9.50. The Labute approximate surface area is 162 Å². The molecule has 0 saturated heterocycles. The van der Waals surface area contributed by atoms with Crippen molar-refractivity contribution in [2.45, 2.75) is 38.3 Å². The lowest BCUT2D eigenvalue weighted by molar-refractivity contribution is 0.569. The van der Waals surface area contributed by atoms with Gasteiger partial charge in [0.05, 0.1) is 12.7 Å². The number of rotatable bonds is 4. The molecule has 1 aliphatic carbocycles. The van der Waals surface area contributed by atoms with Gasteiger partial charge in [-0.3, -0.25) is 4.68 Å². The first kappa shape index (κ1) is 16.9. The van der Waals surface area contributed by atoms with E-state index in [1.165, 1.54) is 16.7 Å². The summed E-state index contributed by atoms with van der Waals surface area (Å²) in [5.74, 6) is 0.441. The van der Waals surface area contributed by atoms with Crippen LogP contribution in [0.2, 0.25) is 0 Å². The molecule has 3 heterocycles. The van der Waals surface area contributed by atoms with E-state index >= 15 is 0 Å². The molecule has 0 spiro atoms. The van der Waals surface area contributed by atoms with Crippen LogP contribution in [0.1, 0.15) is 46.7 Å². The number of aromatic amines is 1.